The van der Waals surface area contributed by atoms with Crippen LogP contribution in [0.1, 0.15) is 161 Å². The number of aliphatic hydroxyl groups is 4. The van der Waals surface area contributed by atoms with E-state index in [0.29, 0.717) is 37.1 Å². The zero-order valence-electron chi connectivity index (χ0n) is 64.7. The number of benzene rings is 5. The Bertz CT molecular complexity index is 3120. The third-order valence-corrected chi connectivity index (χ3v) is 13.3. The molecule has 0 saturated carbocycles. The van der Waals surface area contributed by atoms with E-state index in [-0.39, 0.29) is 97.9 Å². The Labute approximate surface area is 643 Å². The number of methoxy groups -OCH3 is 2. The molecule has 0 saturated heterocycles. The van der Waals surface area contributed by atoms with Gasteiger partial charge in [0.25, 0.3) is 0 Å². The third-order valence-electron chi connectivity index (χ3n) is 12.5. The number of hydrogen-bond acceptors (Lipinski definition) is 14. The van der Waals surface area contributed by atoms with Crippen LogP contribution in [0.2, 0.25) is 19.6 Å². The molecule has 10 N–H and O–H groups in total. The number of nitrogen functional groups attached to an aromatic ring is 2. The first-order valence-corrected chi connectivity index (χ1v) is 37.1. The van der Waals surface area contributed by atoms with E-state index < -0.39 is 46.8 Å². The summed E-state index contributed by atoms with van der Waals surface area (Å²) in [6.07, 6.45) is 15.7. The molecule has 0 amide bonds. The minimum absolute atomic E-state index is 0. The molecule has 101 heavy (non-hydrogen) atoms. The number of anilines is 2. The van der Waals surface area contributed by atoms with Crippen molar-refractivity contribution in [1.29, 1.82) is 0 Å². The number of esters is 2. The minimum atomic E-state index is -1.14. The number of carbonyl (C=O) groups is 5. The third kappa shape index (κ3) is 63.1. The fraction of sp³-hybridized carbons (Fsp3) is 0.468. The zero-order chi connectivity index (χ0) is 77.1. The van der Waals surface area contributed by atoms with Crippen molar-refractivity contribution >= 4 is 89.5 Å². The van der Waals surface area contributed by atoms with Gasteiger partial charge >= 0.3 is 53.4 Å². The van der Waals surface area contributed by atoms with Crippen molar-refractivity contribution in [3.8, 4) is 0 Å². The zero-order valence-corrected chi connectivity index (χ0v) is 65.3. The monoisotopic (exact) mass is 1490 g/mol. The summed E-state index contributed by atoms with van der Waals surface area (Å²) in [6, 6.07) is 44.2. The van der Waals surface area contributed by atoms with E-state index in [0.717, 1.165) is 74.1 Å². The molecule has 16 nitrogen and oxygen atoms in total. The van der Waals surface area contributed by atoms with Crippen LogP contribution < -0.4 is 41.0 Å². The molecule has 7 aromatic rings. The standard InChI is InChI=1S/C13H18O2.C13H20.C12H18O.C10H9NO4S.C10H13NO2.C9H11NO2.C3H9ClSi.3CH3F.2CH4O.2CH4.B.Na.H/c1-3-5-11-6-4-7-12(10-11)8-9-13(14)15-2;1-3-5-8-13-10-6-9-12(11-13)7-4-2;1-2-5-11-6-3-7-12(10-11)8-4-9-13;1-15-10(14)7-4-8-6(2-3-16-8)11(7)5-9(12)13;11-9-3-1-2-8(6-9)4-5-10(13)7-12;10-8-3-1-2-7(6-8)4-5-9(11)12;1-5(2,3)4;5*1-2;;;;;/h4,6-7,10H,3,5,8-9H2,1-2H3;6,9-11H,3-5,7-8H2,1-2H3;3,6-7,10,13H,2,4-5,8-9H2,1H3;2-4H,5H2,1H3,(H,12,13);1-3,6,12H,4-5,7,11H2;1-3,6H,4-5,10H2,(H,11,12);1-3H3;3*1H3;2*2H,1H3;2*1H4;;;/q;;;;;;;;;;;;;;;+1;-1/i;;;;;;;3*1D;;;;;;;. The van der Waals surface area contributed by atoms with Crippen LogP contribution in [-0.2, 0) is 86.6 Å². The average molecular weight is 1490 g/mol. The molecule has 0 aliphatic heterocycles. The van der Waals surface area contributed by atoms with Crippen molar-refractivity contribution in [2.75, 3.05) is 74.6 Å². The maximum atomic E-state index is 11.5. The van der Waals surface area contributed by atoms with Crippen LogP contribution in [0, 0.1) is 0 Å². The number of carboxylic acid groups (broad SMARTS) is 2. The topological polar surface area (TPSA) is 282 Å². The molecule has 0 aliphatic carbocycles. The van der Waals surface area contributed by atoms with E-state index in [4.69, 9.17) is 57.3 Å². The number of thiophene rings is 1. The van der Waals surface area contributed by atoms with Gasteiger partial charge in [-0.25, -0.2) is 4.79 Å². The van der Waals surface area contributed by atoms with Crippen LogP contribution in [-0.4, -0.2) is 144 Å². The number of alkyl halides is 3. The van der Waals surface area contributed by atoms with Gasteiger partial charge < -0.3 is 57.6 Å². The van der Waals surface area contributed by atoms with E-state index >= 15 is 0 Å². The number of aryl methyl sites for hydroxylation is 8. The molecular formula is C77H124BClF3N3NaO13SSi. The van der Waals surface area contributed by atoms with Gasteiger partial charge in [-0.3, -0.25) is 32.3 Å². The quantitative estimate of drug-likeness (QED) is 0.0114. The number of aliphatic carboxylic acids is 2. The summed E-state index contributed by atoms with van der Waals surface area (Å²) in [5.74, 6) is -2.57. The Hall–Kier alpha value is -6.31. The van der Waals surface area contributed by atoms with Crippen LogP contribution in [0.4, 0.5) is 24.5 Å². The van der Waals surface area contributed by atoms with Gasteiger partial charge in [-0.15, -0.1) is 11.3 Å². The van der Waals surface area contributed by atoms with Gasteiger partial charge in [0.2, 0.25) is 0 Å². The van der Waals surface area contributed by atoms with Crippen molar-refractivity contribution in [1.82, 2.24) is 4.57 Å². The summed E-state index contributed by atoms with van der Waals surface area (Å²) in [7, 11) is 0.560. The van der Waals surface area contributed by atoms with Crippen molar-refractivity contribution in [3.05, 3.63) is 189 Å². The van der Waals surface area contributed by atoms with Crippen molar-refractivity contribution in [2.24, 2.45) is 0 Å². The molecule has 0 atom stereocenters. The summed E-state index contributed by atoms with van der Waals surface area (Å²) in [4.78, 5) is 54.2. The number of carbonyl (C=O) groups excluding carboxylic acids is 3. The summed E-state index contributed by atoms with van der Waals surface area (Å²) in [6.45, 7) is 14.8. The molecule has 567 valence electrons. The second kappa shape index (κ2) is 76.3. The van der Waals surface area contributed by atoms with Crippen LogP contribution >= 0.6 is 22.4 Å². The number of nitrogens with two attached hydrogens (primary N) is 2. The predicted octanol–water partition coefficient (Wildman–Crippen LogP) is 14.0. The van der Waals surface area contributed by atoms with E-state index in [1.807, 2.05) is 35.7 Å². The number of aromatic nitrogens is 1. The fourth-order valence-electron chi connectivity index (χ4n) is 8.37. The molecule has 24 heteroatoms. The van der Waals surface area contributed by atoms with Gasteiger partial charge in [0.15, 0.2) is 5.78 Å². The number of nitrogens with zero attached hydrogens (tertiary/aromatic N) is 1. The number of halogens is 4. The van der Waals surface area contributed by atoms with Crippen LogP contribution in [0.15, 0.2) is 139 Å². The van der Waals surface area contributed by atoms with Gasteiger partial charge in [0.1, 0.15) is 26.2 Å². The minimum Gasteiger partial charge on any atom is -1.00 e. The molecule has 0 spiro atoms. The first-order valence-electron chi connectivity index (χ1n) is 33.8. The maximum absolute atomic E-state index is 11.5. The Morgan fingerprint density at radius 1 is 0.545 bits per heavy atom. The molecule has 0 aliphatic rings. The van der Waals surface area contributed by atoms with Crippen LogP contribution in [0.3, 0.4) is 0 Å². The number of aliphatic hydroxyl groups excluding tert-OH is 4. The van der Waals surface area contributed by atoms with E-state index in [2.05, 4.69) is 130 Å². The Morgan fingerprint density at radius 3 is 1.22 bits per heavy atom. The van der Waals surface area contributed by atoms with Gasteiger partial charge in [0, 0.05) is 59.9 Å². The van der Waals surface area contributed by atoms with E-state index in [1.165, 1.54) is 102 Å². The Balaban J connectivity index is -0.000000122. The summed E-state index contributed by atoms with van der Waals surface area (Å²) < 4.78 is 58.0. The number of ketones is 1. The van der Waals surface area contributed by atoms with Crippen LogP contribution in [0.25, 0.3) is 10.2 Å². The number of ether oxygens (including phenoxy) is 2. The molecule has 0 fully saturated rings. The molecule has 0 bridgehead atoms. The summed E-state index contributed by atoms with van der Waals surface area (Å²) >= 11 is 7.12. The average Bonchev–Trinajstić information content (AvgIpc) is 1.64. The van der Waals surface area contributed by atoms with E-state index in [9.17, 15) is 37.1 Å². The molecule has 5 aromatic carbocycles. The first-order chi connectivity index (χ1) is 47.8. The van der Waals surface area contributed by atoms with Gasteiger partial charge in [-0.05, 0) is 150 Å². The second-order valence-electron chi connectivity index (χ2n) is 21.5. The number of hydrogen-bond donors (Lipinski definition) is 8. The Kier molecular flexibility index (Phi) is 79.9. The number of unbranched alkanes of at least 4 members (excludes halogenated alkanes) is 1. The molecule has 2 heterocycles. The number of Topliss-reactive ketones (excluding diaryl/α,β-unsaturated/α-hetero) is 1. The molecule has 0 unspecified atom stereocenters. The van der Waals surface area contributed by atoms with Crippen molar-refractivity contribution in [3.63, 3.8) is 0 Å². The molecular weight excluding hydrogens is 1360 g/mol. The van der Waals surface area contributed by atoms with Crippen molar-refractivity contribution in [2.45, 2.75) is 178 Å². The SMILES string of the molecule is C.C.CCCCc1cccc(CCC)c1.CCCc1cccc(CCC(=O)OC)c1.CCCc1cccc(CCCO)c1.CO.CO.COC(=O)c1cc2sccc2n1CC(=O)O.C[Si](C)(C)Cl.Nc1cccc(CCC(=O)CO)c1.Nc1cccc(CCC(=O)O)c1.[2H]CF.[2H]CF.[2H]CF.[B].[H-].[Na+]. The maximum Gasteiger partial charge on any atom is 1.00 e. The number of carboxylic acids is 2. The first kappa shape index (κ1) is 106. The largest absolute Gasteiger partial charge is 1.00 e. The van der Waals surface area contributed by atoms with Gasteiger partial charge in [0.05, 0.1) is 50.0 Å². The molecule has 7 rings (SSSR count). The summed E-state index contributed by atoms with van der Waals surface area (Å²) in [5.41, 5.74) is 23.8. The van der Waals surface area contributed by atoms with Gasteiger partial charge in [-0.1, -0.05) is 185 Å². The molecule has 3 radical (unpaired) electrons. The van der Waals surface area contributed by atoms with E-state index in [1.54, 1.807) is 30.3 Å². The number of rotatable bonds is 25. The predicted molar refractivity (Wildman–Crippen MR) is 419 cm³/mol. The van der Waals surface area contributed by atoms with Crippen molar-refractivity contribution < 1.29 is 112 Å². The Morgan fingerprint density at radius 2 is 0.891 bits per heavy atom. The van der Waals surface area contributed by atoms with Gasteiger partial charge in [-0.2, -0.15) is 11.1 Å². The summed E-state index contributed by atoms with van der Waals surface area (Å²) in [5, 5.41) is 50.2. The fourth-order valence-corrected chi connectivity index (χ4v) is 9.19. The number of fused-ring (bicyclic) bond motifs is 1. The normalized spacial score (nSPS) is 9.51. The van der Waals surface area contributed by atoms with Crippen LogP contribution in [0.5, 0.6) is 0 Å². The molecule has 2 aromatic heterocycles. The smallest absolute Gasteiger partial charge is 1.00 e. The second-order valence-corrected chi connectivity index (χ2v) is 30.0.